The Hall–Kier alpha value is -1.82. The van der Waals surface area contributed by atoms with Gasteiger partial charge in [-0.15, -0.1) is 0 Å². The van der Waals surface area contributed by atoms with Gasteiger partial charge in [0.05, 0.1) is 0 Å². The number of rotatable bonds is 3. The van der Waals surface area contributed by atoms with Gasteiger partial charge in [0.2, 0.25) is 0 Å². The first-order valence-corrected chi connectivity index (χ1v) is 9.64. The van der Waals surface area contributed by atoms with E-state index in [4.69, 9.17) is 0 Å². The Labute approximate surface area is 146 Å². The summed E-state index contributed by atoms with van der Waals surface area (Å²) < 4.78 is 0. The fourth-order valence-corrected chi connectivity index (χ4v) is 4.91. The maximum Gasteiger partial charge on any atom is 0.00581 e. The molecular weight excluding hydrogens is 288 g/mol. The van der Waals surface area contributed by atoms with Gasteiger partial charge in [0.1, 0.15) is 0 Å². The second-order valence-corrected chi connectivity index (χ2v) is 7.76. The molecular formula is C24H28. The Bertz CT molecular complexity index is 718. The van der Waals surface area contributed by atoms with Crippen molar-refractivity contribution in [2.45, 2.75) is 51.4 Å². The summed E-state index contributed by atoms with van der Waals surface area (Å²) in [7, 11) is 0. The molecule has 0 heteroatoms. The van der Waals surface area contributed by atoms with E-state index in [0.29, 0.717) is 5.92 Å². The number of allylic oxidation sites excluding steroid dienone is 1. The molecule has 0 spiro atoms. The summed E-state index contributed by atoms with van der Waals surface area (Å²) in [6, 6.07) is 18.0. The predicted molar refractivity (Wildman–Crippen MR) is 103 cm³/mol. The monoisotopic (exact) mass is 316 g/mol. The fraction of sp³-hybridized carbons (Fsp3) is 0.417. The molecule has 2 aliphatic carbocycles. The van der Waals surface area contributed by atoms with Gasteiger partial charge in [-0.2, -0.15) is 0 Å². The number of hydrogen-bond acceptors (Lipinski definition) is 0. The summed E-state index contributed by atoms with van der Waals surface area (Å²) in [6.45, 7) is 2.17. The van der Waals surface area contributed by atoms with E-state index in [-0.39, 0.29) is 0 Å². The molecule has 0 amide bonds. The third-order valence-electron chi connectivity index (χ3n) is 6.12. The van der Waals surface area contributed by atoms with E-state index in [0.717, 1.165) is 11.8 Å². The number of benzene rings is 2. The smallest absolute Gasteiger partial charge is 0.00581 e. The summed E-state index contributed by atoms with van der Waals surface area (Å²) in [5.41, 5.74) is 5.85. The molecule has 2 atom stereocenters. The summed E-state index contributed by atoms with van der Waals surface area (Å²) >= 11 is 0. The average Bonchev–Trinajstić information content (AvgIpc) is 2.99. The molecule has 124 valence electrons. The van der Waals surface area contributed by atoms with Crippen molar-refractivity contribution in [3.8, 4) is 0 Å². The van der Waals surface area contributed by atoms with Crippen LogP contribution in [0.15, 0.2) is 54.6 Å². The Morgan fingerprint density at radius 3 is 2.58 bits per heavy atom. The lowest BCUT2D eigenvalue weighted by Crippen LogP contribution is -2.21. The molecule has 0 heterocycles. The quantitative estimate of drug-likeness (QED) is 0.602. The maximum absolute atomic E-state index is 2.50. The van der Waals surface area contributed by atoms with Crippen LogP contribution in [0.25, 0.3) is 6.08 Å². The Morgan fingerprint density at radius 1 is 0.917 bits per heavy atom. The summed E-state index contributed by atoms with van der Waals surface area (Å²) in [5.74, 6) is 2.33. The number of aryl methyl sites for hydroxylation is 1. The van der Waals surface area contributed by atoms with Crippen LogP contribution in [0.5, 0.6) is 0 Å². The van der Waals surface area contributed by atoms with Crippen molar-refractivity contribution in [1.29, 1.82) is 0 Å². The molecule has 0 unspecified atom stereocenters. The van der Waals surface area contributed by atoms with Crippen molar-refractivity contribution in [3.63, 3.8) is 0 Å². The summed E-state index contributed by atoms with van der Waals surface area (Å²) in [5, 5.41) is 0. The Kier molecular flexibility index (Phi) is 4.56. The molecule has 2 aromatic carbocycles. The highest BCUT2D eigenvalue weighted by atomic mass is 14.4. The van der Waals surface area contributed by atoms with Crippen molar-refractivity contribution in [2.24, 2.45) is 11.8 Å². The summed E-state index contributed by atoms with van der Waals surface area (Å²) in [4.78, 5) is 0. The van der Waals surface area contributed by atoms with Gasteiger partial charge < -0.3 is 0 Å². The normalized spacial score (nSPS) is 24.4. The van der Waals surface area contributed by atoms with E-state index >= 15 is 0 Å². The van der Waals surface area contributed by atoms with Gasteiger partial charge in [0.25, 0.3) is 0 Å². The highest BCUT2D eigenvalue weighted by Crippen LogP contribution is 2.46. The molecule has 1 fully saturated rings. The van der Waals surface area contributed by atoms with Crippen LogP contribution in [-0.4, -0.2) is 0 Å². The molecule has 0 bridgehead atoms. The van der Waals surface area contributed by atoms with Crippen LogP contribution in [0, 0.1) is 18.8 Å². The topological polar surface area (TPSA) is 0 Å². The van der Waals surface area contributed by atoms with E-state index in [9.17, 15) is 0 Å². The Balaban J connectivity index is 1.63. The van der Waals surface area contributed by atoms with Crippen LogP contribution in [0.2, 0.25) is 0 Å². The zero-order valence-corrected chi connectivity index (χ0v) is 14.7. The lowest BCUT2D eigenvalue weighted by Gasteiger charge is -2.30. The first kappa shape index (κ1) is 15.7. The van der Waals surface area contributed by atoms with E-state index < -0.39 is 0 Å². The lowest BCUT2D eigenvalue weighted by atomic mass is 9.74. The molecule has 0 N–H and O–H groups in total. The molecule has 0 aliphatic heterocycles. The average molecular weight is 316 g/mol. The molecule has 0 radical (unpaired) electrons. The van der Waals surface area contributed by atoms with Gasteiger partial charge in [-0.1, -0.05) is 98.4 Å². The van der Waals surface area contributed by atoms with Crippen molar-refractivity contribution >= 4 is 6.08 Å². The minimum atomic E-state index is 0.602. The number of fused-ring (bicyclic) bond motifs is 1. The van der Waals surface area contributed by atoms with Crippen molar-refractivity contribution in [2.75, 3.05) is 0 Å². The molecule has 24 heavy (non-hydrogen) atoms. The van der Waals surface area contributed by atoms with Gasteiger partial charge in [-0.3, -0.25) is 0 Å². The van der Waals surface area contributed by atoms with Crippen LogP contribution < -0.4 is 0 Å². The summed E-state index contributed by atoms with van der Waals surface area (Å²) in [6.07, 6.45) is 13.3. The first-order valence-electron chi connectivity index (χ1n) is 9.64. The molecule has 0 aromatic heterocycles. The molecule has 0 saturated heterocycles. The Morgan fingerprint density at radius 2 is 1.75 bits per heavy atom. The van der Waals surface area contributed by atoms with Crippen LogP contribution in [-0.2, 0) is 6.42 Å². The van der Waals surface area contributed by atoms with E-state index in [1.54, 1.807) is 11.1 Å². The highest BCUT2D eigenvalue weighted by molar-refractivity contribution is 5.53. The van der Waals surface area contributed by atoms with Crippen molar-refractivity contribution < 1.29 is 0 Å². The third-order valence-corrected chi connectivity index (χ3v) is 6.12. The van der Waals surface area contributed by atoms with E-state index in [2.05, 4.69) is 67.6 Å². The van der Waals surface area contributed by atoms with E-state index in [1.807, 2.05) is 0 Å². The lowest BCUT2D eigenvalue weighted by molar-refractivity contribution is 0.242. The molecule has 2 aliphatic rings. The van der Waals surface area contributed by atoms with Gasteiger partial charge in [0, 0.05) is 5.92 Å². The van der Waals surface area contributed by atoms with Crippen LogP contribution in [0.4, 0.5) is 0 Å². The second kappa shape index (κ2) is 6.97. The fourth-order valence-electron chi connectivity index (χ4n) is 4.91. The SMILES string of the molecule is Cc1cccc(C=C[C@H]2c3ccccc3C[C@@H]2C2CCCCC2)c1. The maximum atomic E-state index is 2.50. The van der Waals surface area contributed by atoms with Crippen molar-refractivity contribution in [1.82, 2.24) is 0 Å². The zero-order valence-electron chi connectivity index (χ0n) is 14.7. The standard InChI is InChI=1S/C24H28/c1-18-8-7-9-19(16-18)14-15-23-22-13-6-5-12-21(22)17-24(23)20-10-3-2-4-11-20/h5-9,12-16,20,23-24H,2-4,10-11,17H2,1H3/t23-,24+/m0/s1. The second-order valence-electron chi connectivity index (χ2n) is 7.76. The van der Waals surface area contributed by atoms with Gasteiger partial charge >= 0.3 is 0 Å². The van der Waals surface area contributed by atoms with E-state index in [1.165, 1.54) is 49.7 Å². The third kappa shape index (κ3) is 3.20. The van der Waals surface area contributed by atoms with Gasteiger partial charge in [0.15, 0.2) is 0 Å². The van der Waals surface area contributed by atoms with Crippen LogP contribution in [0.3, 0.4) is 0 Å². The molecule has 0 nitrogen and oxygen atoms in total. The molecule has 4 rings (SSSR count). The van der Waals surface area contributed by atoms with Gasteiger partial charge in [-0.25, -0.2) is 0 Å². The highest BCUT2D eigenvalue weighted by Gasteiger charge is 2.36. The first-order chi connectivity index (χ1) is 11.8. The minimum absolute atomic E-state index is 0.602. The number of hydrogen-bond donors (Lipinski definition) is 0. The molecule has 1 saturated carbocycles. The van der Waals surface area contributed by atoms with Crippen molar-refractivity contribution in [3.05, 3.63) is 76.9 Å². The minimum Gasteiger partial charge on any atom is -0.0761 e. The largest absolute Gasteiger partial charge is 0.0761 e. The zero-order chi connectivity index (χ0) is 16.4. The molecule has 2 aromatic rings. The van der Waals surface area contributed by atoms with Crippen LogP contribution in [0.1, 0.15) is 60.3 Å². The predicted octanol–water partition coefficient (Wildman–Crippen LogP) is 6.54. The van der Waals surface area contributed by atoms with Crippen LogP contribution >= 0.6 is 0 Å². The van der Waals surface area contributed by atoms with Gasteiger partial charge in [-0.05, 0) is 41.9 Å².